The molecular formula is C29H34F3N3O7. The largest absolute Gasteiger partial charge is 0.464 e. The van der Waals surface area contributed by atoms with Gasteiger partial charge in [0.1, 0.15) is 11.8 Å². The Morgan fingerprint density at radius 3 is 2.19 bits per heavy atom. The van der Waals surface area contributed by atoms with Crippen LogP contribution in [0.5, 0.6) is 0 Å². The molecule has 0 saturated carbocycles. The van der Waals surface area contributed by atoms with E-state index in [1.165, 1.54) is 45.6 Å². The van der Waals surface area contributed by atoms with Crippen LogP contribution in [-0.4, -0.2) is 71.1 Å². The molecule has 2 atom stereocenters. The first-order valence-corrected chi connectivity index (χ1v) is 13.3. The van der Waals surface area contributed by atoms with Gasteiger partial charge < -0.3 is 24.4 Å². The molecule has 1 unspecified atom stereocenters. The Morgan fingerprint density at radius 1 is 1.07 bits per heavy atom. The first kappa shape index (κ1) is 32.4. The maximum atomic E-state index is 14.7. The van der Waals surface area contributed by atoms with Crippen LogP contribution in [0.2, 0.25) is 0 Å². The van der Waals surface area contributed by atoms with Crippen molar-refractivity contribution in [3.8, 4) is 0 Å². The molecule has 13 heteroatoms. The summed E-state index contributed by atoms with van der Waals surface area (Å²) in [6, 6.07) is 8.64. The summed E-state index contributed by atoms with van der Waals surface area (Å²) in [5, 5.41) is 2.36. The molecule has 1 aliphatic heterocycles. The summed E-state index contributed by atoms with van der Waals surface area (Å²) in [5.74, 6) is -5.55. The third-order valence-corrected chi connectivity index (χ3v) is 6.55. The number of ether oxygens (including phenoxy) is 3. The Morgan fingerprint density at radius 2 is 1.67 bits per heavy atom. The summed E-state index contributed by atoms with van der Waals surface area (Å²) in [7, 11) is 0. The smallest absolute Gasteiger partial charge is 0.426 e. The second-order valence-electron chi connectivity index (χ2n) is 10.6. The number of hydrogen-bond donors (Lipinski definition) is 1. The highest BCUT2D eigenvalue weighted by Gasteiger charge is 2.76. The van der Waals surface area contributed by atoms with Gasteiger partial charge in [0, 0.05) is 11.6 Å². The third kappa shape index (κ3) is 6.34. The molecule has 228 valence electrons. The van der Waals surface area contributed by atoms with Crippen molar-refractivity contribution in [1.82, 2.24) is 10.2 Å². The number of nitrogens with one attached hydrogen (secondary N) is 1. The number of fused-ring (bicyclic) bond motifs is 1. The zero-order valence-corrected chi connectivity index (χ0v) is 24.0. The number of esters is 2. The van der Waals surface area contributed by atoms with E-state index in [-0.39, 0.29) is 31.9 Å². The molecule has 2 aliphatic rings. The van der Waals surface area contributed by atoms with E-state index in [4.69, 9.17) is 14.2 Å². The topological polar surface area (TPSA) is 124 Å². The number of carbonyl (C=O) groups is 4. The van der Waals surface area contributed by atoms with Crippen molar-refractivity contribution in [2.75, 3.05) is 13.2 Å². The van der Waals surface area contributed by atoms with Crippen LogP contribution in [0.1, 0.15) is 46.6 Å². The Hall–Kier alpha value is -4.16. The van der Waals surface area contributed by atoms with Gasteiger partial charge in [-0.05, 0) is 52.7 Å². The Kier molecular flexibility index (Phi) is 9.53. The number of amides is 2. The van der Waals surface area contributed by atoms with Gasteiger partial charge in [-0.2, -0.15) is 13.2 Å². The van der Waals surface area contributed by atoms with Crippen LogP contribution in [-0.2, 0) is 35.1 Å². The molecule has 1 heterocycles. The van der Waals surface area contributed by atoms with Crippen LogP contribution in [0.4, 0.5) is 18.0 Å². The van der Waals surface area contributed by atoms with Crippen molar-refractivity contribution in [1.29, 1.82) is 0 Å². The lowest BCUT2D eigenvalue weighted by Gasteiger charge is -2.43. The van der Waals surface area contributed by atoms with Gasteiger partial charge in [0.15, 0.2) is 5.54 Å². The van der Waals surface area contributed by atoms with Gasteiger partial charge in [-0.3, -0.25) is 9.79 Å². The van der Waals surface area contributed by atoms with E-state index in [0.29, 0.717) is 5.56 Å². The van der Waals surface area contributed by atoms with E-state index in [1.807, 2.05) is 0 Å². The second-order valence-corrected chi connectivity index (χ2v) is 10.6. The minimum atomic E-state index is -5.13. The molecular weight excluding hydrogens is 559 g/mol. The number of alkyl carbamates (subject to hydrolysis) is 1. The first-order valence-electron chi connectivity index (χ1n) is 13.3. The fourth-order valence-electron chi connectivity index (χ4n) is 5.06. The normalized spacial score (nSPS) is 20.7. The zero-order chi connectivity index (χ0) is 31.3. The first-order chi connectivity index (χ1) is 19.6. The molecule has 1 N–H and O–H groups in total. The quantitative estimate of drug-likeness (QED) is 0.197. The molecule has 10 nitrogen and oxygen atoms in total. The zero-order valence-electron chi connectivity index (χ0n) is 24.0. The van der Waals surface area contributed by atoms with Gasteiger partial charge in [0.05, 0.1) is 19.8 Å². The number of carbonyl (C=O) groups excluding carboxylic acids is 4. The number of halogens is 3. The van der Waals surface area contributed by atoms with E-state index in [9.17, 15) is 32.3 Å². The minimum absolute atomic E-state index is 0.0687. The molecule has 3 rings (SSSR count). The predicted molar refractivity (Wildman–Crippen MR) is 145 cm³/mol. The molecule has 1 aromatic carbocycles. The number of allylic oxidation sites excluding steroid dienone is 3. The van der Waals surface area contributed by atoms with Gasteiger partial charge >= 0.3 is 24.2 Å². The van der Waals surface area contributed by atoms with E-state index < -0.39 is 58.9 Å². The van der Waals surface area contributed by atoms with E-state index in [2.05, 4.69) is 10.3 Å². The third-order valence-electron chi connectivity index (χ3n) is 6.55. The summed E-state index contributed by atoms with van der Waals surface area (Å²) in [4.78, 5) is 60.5. The number of alkyl halides is 3. The van der Waals surface area contributed by atoms with Gasteiger partial charge in [-0.1, -0.05) is 42.5 Å². The number of hydrogen-bond acceptors (Lipinski definition) is 8. The predicted octanol–water partition coefficient (Wildman–Crippen LogP) is 4.25. The Labute approximate surface area is 241 Å². The highest BCUT2D eigenvalue weighted by Crippen LogP contribution is 2.50. The highest BCUT2D eigenvalue weighted by atomic mass is 19.4. The lowest BCUT2D eigenvalue weighted by molar-refractivity contribution is -0.172. The average molecular weight is 594 g/mol. The van der Waals surface area contributed by atoms with Crippen molar-refractivity contribution in [3.63, 3.8) is 0 Å². The Bertz CT molecular complexity index is 1270. The molecule has 0 aromatic heterocycles. The standard InChI is InChI=1S/C29H34F3N3O7/c1-6-40-23(37)29(24(38)41-7-2,33-18-27(30,31)32)28(34-25(39)42-26(3,4)5)20-15-11-12-16-21(20)35(22(28)36)17-19-13-9-8-10-14-19/h8-14,16,18,20H,6-7,15,17H2,1-5H3,(H,34,39)/t20?,28-/m1/s1. The molecule has 1 saturated heterocycles. The van der Waals surface area contributed by atoms with Gasteiger partial charge in [0.2, 0.25) is 0 Å². The van der Waals surface area contributed by atoms with Crippen molar-refractivity contribution >= 4 is 30.2 Å². The van der Waals surface area contributed by atoms with Crippen molar-refractivity contribution in [2.24, 2.45) is 10.9 Å². The fourth-order valence-corrected chi connectivity index (χ4v) is 5.06. The monoisotopic (exact) mass is 593 g/mol. The lowest BCUT2D eigenvalue weighted by atomic mass is 9.67. The Balaban J connectivity index is 2.43. The SMILES string of the molecule is CCOC(=O)C(N=CC(F)(F)F)(C(=O)OCC)[C@]1(NC(=O)OC(C)(C)C)C(=O)N(Cc2ccccc2)C2=CC=CCC21. The van der Waals surface area contributed by atoms with Crippen LogP contribution < -0.4 is 5.32 Å². The maximum Gasteiger partial charge on any atom is 0.426 e. The molecule has 1 fully saturated rings. The molecule has 2 amide bonds. The number of likely N-dealkylation sites (tertiary alicyclic amines) is 1. The van der Waals surface area contributed by atoms with Crippen LogP contribution in [0.25, 0.3) is 0 Å². The number of benzene rings is 1. The fraction of sp³-hybridized carbons (Fsp3) is 0.483. The van der Waals surface area contributed by atoms with E-state index in [1.54, 1.807) is 42.5 Å². The van der Waals surface area contributed by atoms with Crippen LogP contribution in [0.3, 0.4) is 0 Å². The van der Waals surface area contributed by atoms with E-state index >= 15 is 0 Å². The van der Waals surface area contributed by atoms with Gasteiger partial charge in [-0.15, -0.1) is 0 Å². The van der Waals surface area contributed by atoms with E-state index in [0.717, 1.165) is 0 Å². The second kappa shape index (κ2) is 12.4. The summed E-state index contributed by atoms with van der Waals surface area (Å²) in [5.41, 5.74) is -6.41. The summed E-state index contributed by atoms with van der Waals surface area (Å²) < 4.78 is 56.7. The van der Waals surface area contributed by atoms with Crippen molar-refractivity contribution in [3.05, 3.63) is 59.8 Å². The molecule has 1 aliphatic carbocycles. The number of nitrogens with zero attached hydrogens (tertiary/aromatic N) is 2. The average Bonchev–Trinajstić information content (AvgIpc) is 3.12. The number of rotatable bonds is 9. The van der Waals surface area contributed by atoms with Crippen LogP contribution in [0, 0.1) is 5.92 Å². The van der Waals surface area contributed by atoms with Crippen molar-refractivity contribution in [2.45, 2.75) is 70.4 Å². The highest BCUT2D eigenvalue weighted by molar-refractivity contribution is 6.16. The molecule has 0 bridgehead atoms. The number of aliphatic imine (C=N–C) groups is 1. The molecule has 1 aromatic rings. The minimum Gasteiger partial charge on any atom is -0.464 e. The summed E-state index contributed by atoms with van der Waals surface area (Å²) in [6.45, 7) is 6.43. The van der Waals surface area contributed by atoms with Crippen molar-refractivity contribution < 1.29 is 46.6 Å². The van der Waals surface area contributed by atoms with Crippen LogP contribution >= 0.6 is 0 Å². The maximum absolute atomic E-state index is 14.7. The molecule has 0 radical (unpaired) electrons. The van der Waals surface area contributed by atoms with Crippen LogP contribution in [0.15, 0.2) is 59.2 Å². The summed E-state index contributed by atoms with van der Waals surface area (Å²) in [6.07, 6.45) is -2.30. The molecule has 0 spiro atoms. The molecule has 42 heavy (non-hydrogen) atoms. The summed E-state index contributed by atoms with van der Waals surface area (Å²) >= 11 is 0. The lowest BCUT2D eigenvalue weighted by Crippen LogP contribution is -2.76. The van der Waals surface area contributed by atoms with Gasteiger partial charge in [-0.25, -0.2) is 14.4 Å². The van der Waals surface area contributed by atoms with Gasteiger partial charge in [0.25, 0.3) is 11.4 Å².